The van der Waals surface area contributed by atoms with Crippen LogP contribution in [0.2, 0.25) is 0 Å². The lowest BCUT2D eigenvalue weighted by Crippen LogP contribution is -2.27. The van der Waals surface area contributed by atoms with E-state index >= 15 is 0 Å². The smallest absolute Gasteiger partial charge is 0.335 e. The van der Waals surface area contributed by atoms with E-state index in [2.05, 4.69) is 11.8 Å². The molecule has 3 N–H and O–H groups in total. The zero-order valence-electron chi connectivity index (χ0n) is 10.7. The van der Waals surface area contributed by atoms with Gasteiger partial charge in [0.25, 0.3) is 0 Å². The van der Waals surface area contributed by atoms with Gasteiger partial charge in [-0.2, -0.15) is 0 Å². The molecular weight excluding hydrogens is 228 g/mol. The van der Waals surface area contributed by atoms with E-state index in [4.69, 9.17) is 10.8 Å². The van der Waals surface area contributed by atoms with Gasteiger partial charge in [0, 0.05) is 12.6 Å². The Hall–Kier alpha value is -1.71. The third kappa shape index (κ3) is 2.75. The summed E-state index contributed by atoms with van der Waals surface area (Å²) < 4.78 is 0. The number of rotatable bonds is 6. The molecule has 0 unspecified atom stereocenters. The summed E-state index contributed by atoms with van der Waals surface area (Å²) in [6, 6.07) is 5.62. The molecule has 0 heterocycles. The Morgan fingerprint density at radius 2 is 2.22 bits per heavy atom. The highest BCUT2D eigenvalue weighted by Gasteiger charge is 2.29. The molecule has 0 saturated heterocycles. The molecule has 1 aliphatic carbocycles. The summed E-state index contributed by atoms with van der Waals surface area (Å²) in [5.41, 5.74) is 7.79. The minimum Gasteiger partial charge on any atom is -0.478 e. The number of carboxylic acid groups (broad SMARTS) is 1. The van der Waals surface area contributed by atoms with E-state index in [9.17, 15) is 4.79 Å². The maximum Gasteiger partial charge on any atom is 0.335 e. The maximum absolute atomic E-state index is 10.9. The number of carbonyl (C=O) groups is 1. The third-order valence-corrected chi connectivity index (χ3v) is 3.32. The second-order valence-electron chi connectivity index (χ2n) is 4.86. The molecule has 4 nitrogen and oxygen atoms in total. The molecule has 0 amide bonds. The van der Waals surface area contributed by atoms with E-state index in [1.54, 1.807) is 12.1 Å². The fourth-order valence-electron chi connectivity index (χ4n) is 2.16. The van der Waals surface area contributed by atoms with Crippen LogP contribution in [0.25, 0.3) is 0 Å². The third-order valence-electron chi connectivity index (χ3n) is 3.32. The first-order valence-electron chi connectivity index (χ1n) is 6.53. The molecule has 0 atom stereocenters. The van der Waals surface area contributed by atoms with Crippen LogP contribution < -0.4 is 10.6 Å². The Balaban J connectivity index is 2.21. The predicted octanol–water partition coefficient (Wildman–Crippen LogP) is 2.74. The van der Waals surface area contributed by atoms with Crippen LogP contribution in [0.5, 0.6) is 0 Å². The van der Waals surface area contributed by atoms with Gasteiger partial charge >= 0.3 is 5.97 Å². The van der Waals surface area contributed by atoms with Crippen LogP contribution in [0.3, 0.4) is 0 Å². The number of aromatic carboxylic acids is 1. The van der Waals surface area contributed by atoms with E-state index in [1.807, 2.05) is 6.07 Å². The van der Waals surface area contributed by atoms with Crippen molar-refractivity contribution in [2.75, 3.05) is 17.2 Å². The van der Waals surface area contributed by atoms with Crippen LogP contribution in [0, 0.1) is 0 Å². The molecule has 1 aromatic carbocycles. The number of nitrogens with zero attached hydrogens (tertiary/aromatic N) is 1. The molecule has 2 rings (SSSR count). The van der Waals surface area contributed by atoms with Gasteiger partial charge in [0.15, 0.2) is 0 Å². The second-order valence-corrected chi connectivity index (χ2v) is 4.86. The first-order chi connectivity index (χ1) is 8.63. The minimum absolute atomic E-state index is 0.252. The van der Waals surface area contributed by atoms with Crippen LogP contribution in [0.15, 0.2) is 18.2 Å². The molecule has 1 aliphatic rings. The highest BCUT2D eigenvalue weighted by Crippen LogP contribution is 2.35. The molecule has 0 aliphatic heterocycles. The quantitative estimate of drug-likeness (QED) is 0.760. The van der Waals surface area contributed by atoms with Crippen molar-refractivity contribution < 1.29 is 9.90 Å². The molecule has 4 heteroatoms. The molecule has 98 valence electrons. The Bertz CT molecular complexity index is 441. The van der Waals surface area contributed by atoms with Gasteiger partial charge in [0.1, 0.15) is 0 Å². The lowest BCUT2D eigenvalue weighted by atomic mass is 10.1. The van der Waals surface area contributed by atoms with Crippen molar-refractivity contribution in [1.82, 2.24) is 0 Å². The lowest BCUT2D eigenvalue weighted by molar-refractivity contribution is 0.0697. The molecule has 0 spiro atoms. The van der Waals surface area contributed by atoms with Gasteiger partial charge in [-0.25, -0.2) is 4.79 Å². The van der Waals surface area contributed by atoms with Gasteiger partial charge in [-0.05, 0) is 37.5 Å². The van der Waals surface area contributed by atoms with Crippen LogP contribution in [0.1, 0.15) is 43.0 Å². The largest absolute Gasteiger partial charge is 0.478 e. The van der Waals surface area contributed by atoms with E-state index in [-0.39, 0.29) is 5.56 Å². The zero-order valence-corrected chi connectivity index (χ0v) is 10.7. The number of nitrogen functional groups attached to an aromatic ring is 1. The minimum atomic E-state index is -0.931. The Kier molecular flexibility index (Phi) is 3.75. The summed E-state index contributed by atoms with van der Waals surface area (Å²) in [4.78, 5) is 13.2. The Morgan fingerprint density at radius 1 is 1.50 bits per heavy atom. The summed E-state index contributed by atoms with van der Waals surface area (Å²) in [5, 5.41) is 8.93. The maximum atomic E-state index is 10.9. The molecule has 18 heavy (non-hydrogen) atoms. The Morgan fingerprint density at radius 3 is 2.72 bits per heavy atom. The van der Waals surface area contributed by atoms with E-state index < -0.39 is 5.97 Å². The highest BCUT2D eigenvalue weighted by atomic mass is 16.4. The summed E-state index contributed by atoms with van der Waals surface area (Å²) in [6.45, 7) is 3.17. The number of hydrogen-bond acceptors (Lipinski definition) is 3. The van der Waals surface area contributed by atoms with Gasteiger partial charge in [-0.1, -0.05) is 13.3 Å². The van der Waals surface area contributed by atoms with Crippen molar-refractivity contribution in [3.63, 3.8) is 0 Å². The van der Waals surface area contributed by atoms with E-state index in [0.29, 0.717) is 11.7 Å². The van der Waals surface area contributed by atoms with Gasteiger partial charge in [-0.15, -0.1) is 0 Å². The summed E-state index contributed by atoms with van der Waals surface area (Å²) in [7, 11) is 0. The second kappa shape index (κ2) is 5.29. The van der Waals surface area contributed by atoms with E-state index in [1.165, 1.54) is 12.8 Å². The number of hydrogen-bond donors (Lipinski definition) is 2. The van der Waals surface area contributed by atoms with Gasteiger partial charge in [-0.3, -0.25) is 0 Å². The normalized spacial score (nSPS) is 14.5. The predicted molar refractivity (Wildman–Crippen MR) is 73.1 cm³/mol. The fraction of sp³-hybridized carbons (Fsp3) is 0.500. The average molecular weight is 248 g/mol. The van der Waals surface area contributed by atoms with Gasteiger partial charge in [0.2, 0.25) is 0 Å². The van der Waals surface area contributed by atoms with Crippen molar-refractivity contribution in [2.24, 2.45) is 0 Å². The molecule has 1 saturated carbocycles. The van der Waals surface area contributed by atoms with Crippen molar-refractivity contribution in [1.29, 1.82) is 0 Å². The summed E-state index contributed by atoms with van der Waals surface area (Å²) in [5.74, 6) is -0.931. The molecule has 0 bridgehead atoms. The van der Waals surface area contributed by atoms with Crippen molar-refractivity contribution >= 4 is 17.3 Å². The number of nitrogens with two attached hydrogens (primary N) is 1. The number of benzene rings is 1. The standard InChI is InChI=1S/C14H20N2O2/c1-2-3-8-16(11-5-6-11)13-7-4-10(14(17)18)9-12(13)15/h4,7,9,11H,2-3,5-6,8,15H2,1H3,(H,17,18). The lowest BCUT2D eigenvalue weighted by Gasteiger charge is -2.26. The van der Waals surface area contributed by atoms with Crippen molar-refractivity contribution in [3.05, 3.63) is 23.8 Å². The highest BCUT2D eigenvalue weighted by molar-refractivity contribution is 5.90. The Labute approximate surface area is 107 Å². The molecule has 1 fully saturated rings. The molecular formula is C14H20N2O2. The molecule has 0 aromatic heterocycles. The fourth-order valence-corrected chi connectivity index (χ4v) is 2.16. The first kappa shape index (κ1) is 12.7. The molecule has 1 aromatic rings. The summed E-state index contributed by atoms with van der Waals surface area (Å²) in [6.07, 6.45) is 4.71. The SMILES string of the molecule is CCCCN(c1ccc(C(=O)O)cc1N)C1CC1. The van der Waals surface area contributed by atoms with Gasteiger partial charge in [0.05, 0.1) is 16.9 Å². The van der Waals surface area contributed by atoms with Crippen molar-refractivity contribution in [3.8, 4) is 0 Å². The monoisotopic (exact) mass is 248 g/mol. The van der Waals surface area contributed by atoms with Crippen LogP contribution in [-0.2, 0) is 0 Å². The number of anilines is 2. The topological polar surface area (TPSA) is 66.6 Å². The van der Waals surface area contributed by atoms with Crippen LogP contribution in [-0.4, -0.2) is 23.7 Å². The zero-order chi connectivity index (χ0) is 13.1. The summed E-state index contributed by atoms with van der Waals surface area (Å²) >= 11 is 0. The van der Waals surface area contributed by atoms with Crippen LogP contribution >= 0.6 is 0 Å². The van der Waals surface area contributed by atoms with Crippen LogP contribution in [0.4, 0.5) is 11.4 Å². The number of unbranched alkanes of at least 4 members (excludes halogenated alkanes) is 1. The molecule has 0 radical (unpaired) electrons. The average Bonchev–Trinajstić information content (AvgIpc) is 3.15. The van der Waals surface area contributed by atoms with Gasteiger partial charge < -0.3 is 15.7 Å². The van der Waals surface area contributed by atoms with Crippen molar-refractivity contribution in [2.45, 2.75) is 38.6 Å². The van der Waals surface area contributed by atoms with E-state index in [0.717, 1.165) is 25.1 Å². The number of carboxylic acids is 1. The first-order valence-corrected chi connectivity index (χ1v) is 6.53.